The van der Waals surface area contributed by atoms with E-state index >= 15 is 0 Å². The van der Waals surface area contributed by atoms with E-state index in [0.29, 0.717) is 38.1 Å². The van der Waals surface area contributed by atoms with Crippen molar-refractivity contribution < 1.29 is 17.9 Å². The number of aryl methyl sites for hydroxylation is 2. The standard InChI is InChI=1S/C26H32N4O4S/c1-2-14-30-23-10-9-19(35(32,33)29-15-5-6-16-29)18-22(23)27-25(30)11-12-26(31)28-21-13-17-34-24-8-4-3-7-20(21)24/h3-4,7-10,18,21H,2,5-6,11-17H2,1H3,(H,28,31)/t21-/m1/s1. The van der Waals surface area contributed by atoms with Crippen LogP contribution in [0, 0.1) is 0 Å². The number of fused-ring (bicyclic) bond motifs is 2. The molecule has 35 heavy (non-hydrogen) atoms. The van der Waals surface area contributed by atoms with Crippen molar-refractivity contribution in [3.05, 3.63) is 53.9 Å². The summed E-state index contributed by atoms with van der Waals surface area (Å²) in [4.78, 5) is 17.9. The molecule has 2 aliphatic rings. The first-order valence-electron chi connectivity index (χ1n) is 12.5. The number of benzene rings is 2. The van der Waals surface area contributed by atoms with Crippen LogP contribution in [0.5, 0.6) is 5.75 Å². The lowest BCUT2D eigenvalue weighted by Crippen LogP contribution is -2.32. The second kappa shape index (κ2) is 9.99. The lowest BCUT2D eigenvalue weighted by molar-refractivity contribution is -0.122. The van der Waals surface area contributed by atoms with Crippen molar-refractivity contribution in [1.29, 1.82) is 0 Å². The molecule has 1 aromatic heterocycles. The zero-order chi connectivity index (χ0) is 24.4. The molecule has 3 aromatic rings. The highest BCUT2D eigenvalue weighted by molar-refractivity contribution is 7.89. The topological polar surface area (TPSA) is 93.5 Å². The first kappa shape index (κ1) is 23.8. The number of hydrogen-bond acceptors (Lipinski definition) is 5. The monoisotopic (exact) mass is 496 g/mol. The number of carbonyl (C=O) groups excluding carboxylic acids is 1. The van der Waals surface area contributed by atoms with Crippen LogP contribution in [0.25, 0.3) is 11.0 Å². The van der Waals surface area contributed by atoms with Crippen molar-refractivity contribution >= 4 is 27.0 Å². The minimum atomic E-state index is -3.50. The van der Waals surface area contributed by atoms with Gasteiger partial charge in [0, 0.05) is 44.5 Å². The summed E-state index contributed by atoms with van der Waals surface area (Å²) in [5.74, 6) is 1.60. The number of ether oxygens (including phenoxy) is 1. The van der Waals surface area contributed by atoms with Gasteiger partial charge >= 0.3 is 0 Å². The maximum atomic E-state index is 13.0. The summed E-state index contributed by atoms with van der Waals surface area (Å²) in [6.07, 6.45) is 4.25. The first-order valence-corrected chi connectivity index (χ1v) is 13.9. The second-order valence-electron chi connectivity index (χ2n) is 9.24. The number of para-hydroxylation sites is 1. The summed E-state index contributed by atoms with van der Waals surface area (Å²) in [6, 6.07) is 13.0. The summed E-state index contributed by atoms with van der Waals surface area (Å²) in [6.45, 7) is 4.58. The van der Waals surface area contributed by atoms with E-state index in [-0.39, 0.29) is 16.8 Å². The molecule has 0 aliphatic carbocycles. The SMILES string of the molecule is CCCn1c(CCC(=O)N[C@@H]2CCOc3ccccc32)nc2cc(S(=O)(=O)N3CCCC3)ccc21. The van der Waals surface area contributed by atoms with Crippen LogP contribution in [0.3, 0.4) is 0 Å². The van der Waals surface area contributed by atoms with Gasteiger partial charge in [0.2, 0.25) is 15.9 Å². The van der Waals surface area contributed by atoms with Gasteiger partial charge in [-0.25, -0.2) is 13.4 Å². The predicted octanol–water partition coefficient (Wildman–Crippen LogP) is 3.80. The van der Waals surface area contributed by atoms with Crippen LogP contribution < -0.4 is 10.1 Å². The van der Waals surface area contributed by atoms with E-state index in [1.165, 1.54) is 0 Å². The highest BCUT2D eigenvalue weighted by Crippen LogP contribution is 2.31. The number of nitrogens with one attached hydrogen (secondary N) is 1. The van der Waals surface area contributed by atoms with Crippen molar-refractivity contribution in [2.45, 2.75) is 62.9 Å². The molecule has 0 radical (unpaired) electrons. The average molecular weight is 497 g/mol. The number of aromatic nitrogens is 2. The van der Waals surface area contributed by atoms with Crippen molar-refractivity contribution in [3.63, 3.8) is 0 Å². The van der Waals surface area contributed by atoms with Crippen LogP contribution >= 0.6 is 0 Å². The Labute approximate surface area is 206 Å². The molecule has 8 nitrogen and oxygen atoms in total. The minimum Gasteiger partial charge on any atom is -0.493 e. The molecule has 2 aromatic carbocycles. The Bertz CT molecular complexity index is 1330. The third-order valence-corrected chi connectivity index (χ3v) is 8.71. The van der Waals surface area contributed by atoms with Gasteiger partial charge in [0.1, 0.15) is 11.6 Å². The molecule has 2 aliphatic heterocycles. The number of imidazole rings is 1. The summed E-state index contributed by atoms with van der Waals surface area (Å²) >= 11 is 0. The zero-order valence-corrected chi connectivity index (χ0v) is 20.9. The number of sulfonamides is 1. The Balaban J connectivity index is 1.33. The molecular weight excluding hydrogens is 464 g/mol. The van der Waals surface area contributed by atoms with E-state index in [2.05, 4.69) is 16.8 Å². The number of hydrogen-bond donors (Lipinski definition) is 1. The highest BCUT2D eigenvalue weighted by atomic mass is 32.2. The van der Waals surface area contributed by atoms with Gasteiger partial charge < -0.3 is 14.6 Å². The molecule has 5 rings (SSSR count). The Morgan fingerprint density at radius 3 is 2.77 bits per heavy atom. The smallest absolute Gasteiger partial charge is 0.243 e. The van der Waals surface area contributed by atoms with E-state index in [4.69, 9.17) is 9.72 Å². The Hall–Kier alpha value is -2.91. The molecule has 9 heteroatoms. The molecule has 1 saturated heterocycles. The second-order valence-corrected chi connectivity index (χ2v) is 11.2. The van der Waals surface area contributed by atoms with E-state index < -0.39 is 10.0 Å². The highest BCUT2D eigenvalue weighted by Gasteiger charge is 2.28. The zero-order valence-electron chi connectivity index (χ0n) is 20.1. The van der Waals surface area contributed by atoms with Gasteiger partial charge in [-0.3, -0.25) is 4.79 Å². The molecule has 1 amide bonds. The third kappa shape index (κ3) is 4.79. The minimum absolute atomic E-state index is 0.0286. The summed E-state index contributed by atoms with van der Waals surface area (Å²) in [7, 11) is -3.50. The molecule has 186 valence electrons. The first-order chi connectivity index (χ1) is 17.0. The quantitative estimate of drug-likeness (QED) is 0.512. The maximum Gasteiger partial charge on any atom is 0.243 e. The Morgan fingerprint density at radius 1 is 1.17 bits per heavy atom. The molecule has 3 heterocycles. The van der Waals surface area contributed by atoms with Gasteiger partial charge in [0.25, 0.3) is 0 Å². The van der Waals surface area contributed by atoms with E-state index in [1.54, 1.807) is 16.4 Å². The van der Waals surface area contributed by atoms with Gasteiger partial charge in [-0.2, -0.15) is 4.31 Å². The van der Waals surface area contributed by atoms with Crippen molar-refractivity contribution in [2.24, 2.45) is 0 Å². The third-order valence-electron chi connectivity index (χ3n) is 6.82. The van der Waals surface area contributed by atoms with Crippen LogP contribution in [0.4, 0.5) is 0 Å². The Morgan fingerprint density at radius 2 is 1.97 bits per heavy atom. The molecule has 0 unspecified atom stereocenters. The van der Waals surface area contributed by atoms with Crippen LogP contribution in [0.1, 0.15) is 56.5 Å². The van der Waals surface area contributed by atoms with Crippen molar-refractivity contribution in [2.75, 3.05) is 19.7 Å². The van der Waals surface area contributed by atoms with Crippen LogP contribution in [-0.2, 0) is 27.8 Å². The summed E-state index contributed by atoms with van der Waals surface area (Å²) in [5, 5.41) is 3.15. The molecular formula is C26H32N4O4S. The number of carbonyl (C=O) groups is 1. The molecule has 0 saturated carbocycles. The largest absolute Gasteiger partial charge is 0.493 e. The fourth-order valence-corrected chi connectivity index (χ4v) is 6.58. The molecule has 0 spiro atoms. The van der Waals surface area contributed by atoms with E-state index in [9.17, 15) is 13.2 Å². The van der Waals surface area contributed by atoms with E-state index in [0.717, 1.165) is 54.9 Å². The van der Waals surface area contributed by atoms with Gasteiger partial charge in [-0.1, -0.05) is 25.1 Å². The fraction of sp³-hybridized carbons (Fsp3) is 0.462. The number of amides is 1. The lowest BCUT2D eigenvalue weighted by atomic mass is 10.0. The van der Waals surface area contributed by atoms with Crippen molar-refractivity contribution in [1.82, 2.24) is 19.2 Å². The van der Waals surface area contributed by atoms with Gasteiger partial charge in [0.15, 0.2) is 0 Å². The summed E-state index contributed by atoms with van der Waals surface area (Å²) in [5.41, 5.74) is 2.57. The van der Waals surface area contributed by atoms with Crippen LogP contribution in [-0.4, -0.2) is 47.9 Å². The maximum absolute atomic E-state index is 13.0. The lowest BCUT2D eigenvalue weighted by Gasteiger charge is -2.26. The molecule has 1 N–H and O–H groups in total. The normalized spacial score (nSPS) is 18.4. The van der Waals surface area contributed by atoms with Gasteiger partial charge in [-0.05, 0) is 43.5 Å². The Kier molecular flexibility index (Phi) is 6.80. The summed E-state index contributed by atoms with van der Waals surface area (Å²) < 4.78 is 35.4. The van der Waals surface area contributed by atoms with Gasteiger partial charge in [-0.15, -0.1) is 0 Å². The molecule has 0 bridgehead atoms. The average Bonchev–Trinajstić information content (AvgIpc) is 3.52. The number of rotatable bonds is 8. The van der Waals surface area contributed by atoms with Crippen LogP contribution in [0.2, 0.25) is 0 Å². The fourth-order valence-electron chi connectivity index (χ4n) is 5.05. The van der Waals surface area contributed by atoms with Gasteiger partial charge in [0.05, 0.1) is 28.6 Å². The van der Waals surface area contributed by atoms with E-state index in [1.807, 2.05) is 30.3 Å². The van der Waals surface area contributed by atoms with Crippen molar-refractivity contribution in [3.8, 4) is 5.75 Å². The number of nitrogens with zero attached hydrogens (tertiary/aromatic N) is 3. The molecule has 1 fully saturated rings. The molecule has 1 atom stereocenters. The predicted molar refractivity (Wildman–Crippen MR) is 134 cm³/mol. The van der Waals surface area contributed by atoms with Crippen LogP contribution in [0.15, 0.2) is 47.4 Å².